The Labute approximate surface area is 145 Å². The molecular weight excluding hydrogens is 298 g/mol. The number of ether oxygens (including phenoxy) is 1. The molecule has 1 atom stereocenters. The number of aliphatic hydroxyl groups is 1. The van der Waals surface area contributed by atoms with E-state index in [0.717, 1.165) is 31.7 Å². The summed E-state index contributed by atoms with van der Waals surface area (Å²) in [6.45, 7) is 7.39. The van der Waals surface area contributed by atoms with Crippen LogP contribution in [0.5, 0.6) is 0 Å². The van der Waals surface area contributed by atoms with E-state index in [0.29, 0.717) is 6.54 Å². The number of methoxy groups -OCH3 is 1. The van der Waals surface area contributed by atoms with E-state index in [1.54, 1.807) is 7.11 Å². The fraction of sp³-hybridized carbons (Fsp3) is 0.429. The minimum Gasteiger partial charge on any atom is -0.387 e. The highest BCUT2D eigenvalue weighted by atomic mass is 16.5. The first kappa shape index (κ1) is 18.7. The molecule has 0 spiro atoms. The smallest absolute Gasteiger partial charge is 0.0917 e. The summed E-state index contributed by atoms with van der Waals surface area (Å²) in [4.78, 5) is 2.32. The lowest BCUT2D eigenvalue weighted by atomic mass is 10.0. The summed E-state index contributed by atoms with van der Waals surface area (Å²) in [5.41, 5.74) is 4.87. The third-order valence-electron chi connectivity index (χ3n) is 4.34. The van der Waals surface area contributed by atoms with Gasteiger partial charge in [-0.25, -0.2) is 0 Å². The fourth-order valence-electron chi connectivity index (χ4n) is 2.90. The molecule has 0 fully saturated rings. The summed E-state index contributed by atoms with van der Waals surface area (Å²) < 4.78 is 5.19. The van der Waals surface area contributed by atoms with Crippen molar-refractivity contribution in [1.82, 2.24) is 4.90 Å². The molecule has 3 heteroatoms. The molecule has 24 heavy (non-hydrogen) atoms. The standard InChI is InChI=1S/C21H29NO2/c1-17-10-11-18(2)20(14-17)15-22(12-7-13-24-3)16-21(23)19-8-5-4-6-9-19/h4-6,8-11,14,21,23H,7,12-13,15-16H2,1-3H3. The zero-order valence-electron chi connectivity index (χ0n) is 15.0. The van der Waals surface area contributed by atoms with Gasteiger partial charge >= 0.3 is 0 Å². The average molecular weight is 327 g/mol. The Bertz CT molecular complexity index is 612. The summed E-state index contributed by atoms with van der Waals surface area (Å²) in [7, 11) is 1.73. The van der Waals surface area contributed by atoms with Crippen LogP contribution in [0.4, 0.5) is 0 Å². The van der Waals surface area contributed by atoms with Crippen LogP contribution >= 0.6 is 0 Å². The quantitative estimate of drug-likeness (QED) is 0.710. The third-order valence-corrected chi connectivity index (χ3v) is 4.34. The zero-order valence-corrected chi connectivity index (χ0v) is 15.0. The van der Waals surface area contributed by atoms with Crippen LogP contribution in [0.2, 0.25) is 0 Å². The molecule has 3 nitrogen and oxygen atoms in total. The van der Waals surface area contributed by atoms with Crippen LogP contribution in [0.1, 0.15) is 34.8 Å². The zero-order chi connectivity index (χ0) is 17.4. The molecule has 1 unspecified atom stereocenters. The van der Waals surface area contributed by atoms with Gasteiger partial charge in [0.05, 0.1) is 6.10 Å². The van der Waals surface area contributed by atoms with Crippen LogP contribution < -0.4 is 0 Å². The van der Waals surface area contributed by atoms with E-state index in [1.165, 1.54) is 16.7 Å². The molecule has 0 aliphatic rings. The minimum atomic E-state index is -0.473. The van der Waals surface area contributed by atoms with Crippen molar-refractivity contribution in [3.8, 4) is 0 Å². The average Bonchev–Trinajstić information content (AvgIpc) is 2.59. The second-order valence-corrected chi connectivity index (χ2v) is 6.44. The molecule has 0 heterocycles. The largest absolute Gasteiger partial charge is 0.387 e. The second kappa shape index (κ2) is 9.58. The van der Waals surface area contributed by atoms with Crippen molar-refractivity contribution >= 4 is 0 Å². The maximum atomic E-state index is 10.6. The summed E-state index contributed by atoms with van der Waals surface area (Å²) in [5, 5.41) is 10.6. The first-order valence-corrected chi connectivity index (χ1v) is 8.60. The predicted molar refractivity (Wildman–Crippen MR) is 99.1 cm³/mol. The van der Waals surface area contributed by atoms with Gasteiger partial charge in [0.25, 0.3) is 0 Å². The van der Waals surface area contributed by atoms with Gasteiger partial charge in [0.15, 0.2) is 0 Å². The normalized spacial score (nSPS) is 12.5. The first-order chi connectivity index (χ1) is 11.6. The van der Waals surface area contributed by atoms with Gasteiger partial charge in [0.1, 0.15) is 0 Å². The number of aryl methyl sites for hydroxylation is 2. The lowest BCUT2D eigenvalue weighted by Crippen LogP contribution is -2.30. The van der Waals surface area contributed by atoms with Gasteiger partial charge in [0, 0.05) is 33.4 Å². The molecule has 0 aliphatic carbocycles. The molecule has 0 aliphatic heterocycles. The summed E-state index contributed by atoms with van der Waals surface area (Å²) >= 11 is 0. The van der Waals surface area contributed by atoms with Crippen LogP contribution in [-0.4, -0.2) is 36.8 Å². The molecular formula is C21H29NO2. The third kappa shape index (κ3) is 5.75. The Balaban J connectivity index is 2.07. The van der Waals surface area contributed by atoms with Gasteiger partial charge in [-0.2, -0.15) is 0 Å². The molecule has 130 valence electrons. The summed E-state index contributed by atoms with van der Waals surface area (Å²) in [5.74, 6) is 0. The van der Waals surface area contributed by atoms with Gasteiger partial charge < -0.3 is 9.84 Å². The number of benzene rings is 2. The minimum absolute atomic E-state index is 0.473. The van der Waals surface area contributed by atoms with E-state index in [9.17, 15) is 5.11 Å². The molecule has 0 saturated carbocycles. The number of hydrogen-bond acceptors (Lipinski definition) is 3. The maximum Gasteiger partial charge on any atom is 0.0917 e. The molecule has 2 rings (SSSR count). The van der Waals surface area contributed by atoms with E-state index < -0.39 is 6.10 Å². The number of rotatable bonds is 9. The van der Waals surface area contributed by atoms with Crippen molar-refractivity contribution in [1.29, 1.82) is 0 Å². The van der Waals surface area contributed by atoms with Crippen molar-refractivity contribution in [2.24, 2.45) is 0 Å². The topological polar surface area (TPSA) is 32.7 Å². The van der Waals surface area contributed by atoms with Crippen LogP contribution in [0.15, 0.2) is 48.5 Å². The summed E-state index contributed by atoms with van der Waals surface area (Å²) in [6.07, 6.45) is 0.488. The molecule has 0 aromatic heterocycles. The van der Waals surface area contributed by atoms with Gasteiger partial charge in [-0.15, -0.1) is 0 Å². The van der Waals surface area contributed by atoms with E-state index in [4.69, 9.17) is 4.74 Å². The predicted octanol–water partition coefficient (Wildman–Crippen LogP) is 3.88. The van der Waals surface area contributed by atoms with Crippen LogP contribution in [0, 0.1) is 13.8 Å². The fourth-order valence-corrected chi connectivity index (χ4v) is 2.90. The first-order valence-electron chi connectivity index (χ1n) is 8.60. The maximum absolute atomic E-state index is 10.6. The van der Waals surface area contributed by atoms with Crippen molar-refractivity contribution < 1.29 is 9.84 Å². The molecule has 0 radical (unpaired) electrons. The Hall–Kier alpha value is -1.68. The number of nitrogens with zero attached hydrogens (tertiary/aromatic N) is 1. The molecule has 2 aromatic carbocycles. The molecule has 2 aromatic rings. The van der Waals surface area contributed by atoms with Crippen LogP contribution in [-0.2, 0) is 11.3 Å². The molecule has 0 amide bonds. The SMILES string of the molecule is COCCCN(Cc1cc(C)ccc1C)CC(O)c1ccccc1. The highest BCUT2D eigenvalue weighted by Gasteiger charge is 2.14. The van der Waals surface area contributed by atoms with Gasteiger partial charge in [-0.3, -0.25) is 4.90 Å². The summed E-state index contributed by atoms with van der Waals surface area (Å²) in [6, 6.07) is 16.4. The van der Waals surface area contributed by atoms with Crippen molar-refractivity contribution in [2.45, 2.75) is 32.9 Å². The van der Waals surface area contributed by atoms with E-state index in [-0.39, 0.29) is 0 Å². The highest BCUT2D eigenvalue weighted by Crippen LogP contribution is 2.18. The Morgan fingerprint density at radius 1 is 1.08 bits per heavy atom. The number of hydrogen-bond donors (Lipinski definition) is 1. The monoisotopic (exact) mass is 327 g/mol. The lowest BCUT2D eigenvalue weighted by molar-refractivity contribution is 0.0994. The van der Waals surface area contributed by atoms with Crippen LogP contribution in [0.3, 0.4) is 0 Å². The Morgan fingerprint density at radius 3 is 2.54 bits per heavy atom. The van der Waals surface area contributed by atoms with Crippen molar-refractivity contribution in [3.05, 3.63) is 70.8 Å². The van der Waals surface area contributed by atoms with Gasteiger partial charge in [-0.1, -0.05) is 54.1 Å². The second-order valence-electron chi connectivity index (χ2n) is 6.44. The van der Waals surface area contributed by atoms with E-state index in [1.807, 2.05) is 30.3 Å². The van der Waals surface area contributed by atoms with Crippen molar-refractivity contribution in [2.75, 3.05) is 26.8 Å². The van der Waals surface area contributed by atoms with Crippen LogP contribution in [0.25, 0.3) is 0 Å². The highest BCUT2D eigenvalue weighted by molar-refractivity contribution is 5.30. The van der Waals surface area contributed by atoms with Gasteiger partial charge in [0.2, 0.25) is 0 Å². The Kier molecular flexibility index (Phi) is 7.44. The number of aliphatic hydroxyl groups excluding tert-OH is 1. The van der Waals surface area contributed by atoms with E-state index >= 15 is 0 Å². The molecule has 0 bridgehead atoms. The lowest BCUT2D eigenvalue weighted by Gasteiger charge is -2.26. The van der Waals surface area contributed by atoms with Gasteiger partial charge in [-0.05, 0) is 37.0 Å². The van der Waals surface area contributed by atoms with Crippen molar-refractivity contribution in [3.63, 3.8) is 0 Å². The van der Waals surface area contributed by atoms with E-state index in [2.05, 4.69) is 36.9 Å². The molecule has 0 saturated heterocycles. The molecule has 1 N–H and O–H groups in total. The Morgan fingerprint density at radius 2 is 1.83 bits per heavy atom.